The summed E-state index contributed by atoms with van der Waals surface area (Å²) in [6.07, 6.45) is 4.11. The van der Waals surface area contributed by atoms with Crippen LogP contribution in [-0.2, 0) is 14.6 Å². The third-order valence-electron chi connectivity index (χ3n) is 3.68. The molecule has 0 N–H and O–H groups in total. The highest BCUT2D eigenvalue weighted by Gasteiger charge is 2.28. The van der Waals surface area contributed by atoms with Gasteiger partial charge in [-0.05, 0) is 38.3 Å². The quantitative estimate of drug-likeness (QED) is 0.730. The number of sulfone groups is 1. The second-order valence-corrected chi connectivity index (χ2v) is 7.38. The van der Waals surface area contributed by atoms with Crippen molar-refractivity contribution in [3.8, 4) is 0 Å². The molecule has 4 nitrogen and oxygen atoms in total. The van der Waals surface area contributed by atoms with Crippen molar-refractivity contribution in [2.45, 2.75) is 24.5 Å². The average molecular weight is 247 g/mol. The van der Waals surface area contributed by atoms with Gasteiger partial charge in [0, 0.05) is 19.4 Å². The van der Waals surface area contributed by atoms with Crippen LogP contribution in [0.15, 0.2) is 0 Å². The molecule has 1 unspecified atom stereocenters. The molecule has 2 fully saturated rings. The highest BCUT2D eigenvalue weighted by molar-refractivity contribution is 7.91. The lowest BCUT2D eigenvalue weighted by Gasteiger charge is -2.32. The predicted octanol–water partition coefficient (Wildman–Crippen LogP) is 0.532. The van der Waals surface area contributed by atoms with E-state index in [4.69, 9.17) is 4.74 Å². The van der Waals surface area contributed by atoms with Gasteiger partial charge in [0.25, 0.3) is 0 Å². The summed E-state index contributed by atoms with van der Waals surface area (Å²) >= 11 is 0. The van der Waals surface area contributed by atoms with Crippen molar-refractivity contribution in [3.63, 3.8) is 0 Å². The van der Waals surface area contributed by atoms with E-state index in [-0.39, 0.29) is 5.25 Å². The number of nitrogens with zero attached hydrogens (tertiary/aromatic N) is 1. The molecule has 0 aromatic rings. The van der Waals surface area contributed by atoms with E-state index in [1.54, 1.807) is 0 Å². The first-order chi connectivity index (χ1) is 7.55. The van der Waals surface area contributed by atoms with Crippen LogP contribution in [0.1, 0.15) is 19.3 Å². The van der Waals surface area contributed by atoms with Crippen LogP contribution in [0.4, 0.5) is 0 Å². The average Bonchev–Trinajstić information content (AvgIpc) is 2.70. The standard InChI is InChI=1S/C11H21NO3S/c1-16(13,14)11-2-5-12(6-3-11)8-10-4-7-15-9-10/h10-11H,2-9H2,1H3. The lowest BCUT2D eigenvalue weighted by atomic mass is 10.1. The van der Waals surface area contributed by atoms with E-state index in [0.717, 1.165) is 52.1 Å². The van der Waals surface area contributed by atoms with Crippen LogP contribution >= 0.6 is 0 Å². The predicted molar refractivity (Wildman–Crippen MR) is 63.2 cm³/mol. The van der Waals surface area contributed by atoms with Crippen molar-refractivity contribution >= 4 is 9.84 Å². The molecule has 2 saturated heterocycles. The Bertz CT molecular complexity index is 314. The number of piperidine rings is 1. The fourth-order valence-corrected chi connectivity index (χ4v) is 3.68. The SMILES string of the molecule is CS(=O)(=O)C1CCN(CC2CCOC2)CC1. The van der Waals surface area contributed by atoms with Crippen LogP contribution in [-0.4, -0.2) is 57.7 Å². The Morgan fingerprint density at radius 2 is 1.94 bits per heavy atom. The molecule has 0 radical (unpaired) electrons. The summed E-state index contributed by atoms with van der Waals surface area (Å²) in [6, 6.07) is 0. The lowest BCUT2D eigenvalue weighted by Crippen LogP contribution is -2.41. The van der Waals surface area contributed by atoms with Gasteiger partial charge in [0.15, 0.2) is 0 Å². The number of likely N-dealkylation sites (tertiary alicyclic amines) is 1. The van der Waals surface area contributed by atoms with Gasteiger partial charge in [-0.25, -0.2) is 8.42 Å². The summed E-state index contributed by atoms with van der Waals surface area (Å²) < 4.78 is 28.1. The van der Waals surface area contributed by atoms with E-state index in [1.165, 1.54) is 6.26 Å². The van der Waals surface area contributed by atoms with E-state index in [1.807, 2.05) is 0 Å². The topological polar surface area (TPSA) is 46.6 Å². The molecule has 0 amide bonds. The molecular formula is C11H21NO3S. The molecule has 16 heavy (non-hydrogen) atoms. The Kier molecular flexibility index (Phi) is 3.87. The summed E-state index contributed by atoms with van der Waals surface area (Å²) in [6.45, 7) is 4.70. The van der Waals surface area contributed by atoms with Crippen LogP contribution < -0.4 is 0 Å². The van der Waals surface area contributed by atoms with E-state index in [2.05, 4.69) is 4.90 Å². The van der Waals surface area contributed by atoms with Crippen molar-refractivity contribution in [1.29, 1.82) is 0 Å². The largest absolute Gasteiger partial charge is 0.381 e. The third kappa shape index (κ3) is 3.18. The van der Waals surface area contributed by atoms with Crippen LogP contribution in [0.25, 0.3) is 0 Å². The molecule has 5 heteroatoms. The monoisotopic (exact) mass is 247 g/mol. The molecule has 1 atom stereocenters. The van der Waals surface area contributed by atoms with E-state index in [0.29, 0.717) is 5.92 Å². The minimum absolute atomic E-state index is 0.108. The van der Waals surface area contributed by atoms with Crippen molar-refractivity contribution in [2.24, 2.45) is 5.92 Å². The highest BCUT2D eigenvalue weighted by Crippen LogP contribution is 2.20. The Labute approximate surface area is 97.9 Å². The normalized spacial score (nSPS) is 29.7. The fourth-order valence-electron chi connectivity index (χ4n) is 2.61. The molecule has 0 spiro atoms. The summed E-state index contributed by atoms with van der Waals surface area (Å²) in [7, 11) is -2.83. The molecule has 0 saturated carbocycles. The molecule has 2 rings (SSSR count). The van der Waals surface area contributed by atoms with E-state index in [9.17, 15) is 8.42 Å². The van der Waals surface area contributed by atoms with Crippen LogP contribution in [0.3, 0.4) is 0 Å². The zero-order chi connectivity index (χ0) is 11.6. The Morgan fingerprint density at radius 3 is 2.44 bits per heavy atom. The lowest BCUT2D eigenvalue weighted by molar-refractivity contribution is 0.157. The third-order valence-corrected chi connectivity index (χ3v) is 5.36. The zero-order valence-corrected chi connectivity index (χ0v) is 10.7. The zero-order valence-electron chi connectivity index (χ0n) is 9.89. The minimum atomic E-state index is -2.83. The smallest absolute Gasteiger partial charge is 0.150 e. The summed E-state index contributed by atoms with van der Waals surface area (Å²) in [5.41, 5.74) is 0. The van der Waals surface area contributed by atoms with Crippen LogP contribution in [0, 0.1) is 5.92 Å². The van der Waals surface area contributed by atoms with Crippen molar-refractivity contribution in [2.75, 3.05) is 39.1 Å². The molecule has 0 bridgehead atoms. The fraction of sp³-hybridized carbons (Fsp3) is 1.00. The Balaban J connectivity index is 1.76. The number of hydrogen-bond acceptors (Lipinski definition) is 4. The maximum Gasteiger partial charge on any atom is 0.150 e. The van der Waals surface area contributed by atoms with Crippen LogP contribution in [0.2, 0.25) is 0 Å². The van der Waals surface area contributed by atoms with Gasteiger partial charge < -0.3 is 9.64 Å². The molecule has 0 aromatic carbocycles. The van der Waals surface area contributed by atoms with Gasteiger partial charge in [-0.1, -0.05) is 0 Å². The van der Waals surface area contributed by atoms with Gasteiger partial charge >= 0.3 is 0 Å². The number of hydrogen-bond donors (Lipinski definition) is 0. The second-order valence-electron chi connectivity index (χ2n) is 5.06. The van der Waals surface area contributed by atoms with E-state index < -0.39 is 9.84 Å². The first-order valence-electron chi connectivity index (χ1n) is 6.04. The second kappa shape index (κ2) is 5.02. The molecule has 2 aliphatic heterocycles. The van der Waals surface area contributed by atoms with Gasteiger partial charge in [-0.3, -0.25) is 0 Å². The maximum atomic E-state index is 11.4. The van der Waals surface area contributed by atoms with Gasteiger partial charge in [0.2, 0.25) is 0 Å². The maximum absolute atomic E-state index is 11.4. The molecule has 94 valence electrons. The van der Waals surface area contributed by atoms with Crippen molar-refractivity contribution < 1.29 is 13.2 Å². The van der Waals surface area contributed by atoms with Gasteiger partial charge in [0.05, 0.1) is 11.9 Å². The highest BCUT2D eigenvalue weighted by atomic mass is 32.2. The Hall–Kier alpha value is -0.130. The van der Waals surface area contributed by atoms with Crippen molar-refractivity contribution in [3.05, 3.63) is 0 Å². The molecule has 0 aromatic heterocycles. The van der Waals surface area contributed by atoms with E-state index >= 15 is 0 Å². The minimum Gasteiger partial charge on any atom is -0.381 e. The van der Waals surface area contributed by atoms with Crippen molar-refractivity contribution in [1.82, 2.24) is 4.90 Å². The summed E-state index contributed by atoms with van der Waals surface area (Å²) in [5, 5.41) is -0.108. The number of ether oxygens (including phenoxy) is 1. The Morgan fingerprint density at radius 1 is 1.25 bits per heavy atom. The molecule has 2 heterocycles. The van der Waals surface area contributed by atoms with Gasteiger partial charge in [0.1, 0.15) is 9.84 Å². The molecular weight excluding hydrogens is 226 g/mol. The summed E-state index contributed by atoms with van der Waals surface area (Å²) in [4.78, 5) is 2.39. The van der Waals surface area contributed by atoms with Gasteiger partial charge in [-0.15, -0.1) is 0 Å². The van der Waals surface area contributed by atoms with Gasteiger partial charge in [-0.2, -0.15) is 0 Å². The van der Waals surface area contributed by atoms with Crippen LogP contribution in [0.5, 0.6) is 0 Å². The molecule has 2 aliphatic rings. The number of rotatable bonds is 3. The molecule has 0 aliphatic carbocycles. The first-order valence-corrected chi connectivity index (χ1v) is 8.00. The first kappa shape index (κ1) is 12.3. The summed E-state index contributed by atoms with van der Waals surface area (Å²) in [5.74, 6) is 0.662.